The molecule has 6 nitrogen and oxygen atoms in total. The minimum Gasteiger partial charge on any atom is -0.507 e. The number of ether oxygens (including phenoxy) is 1. The largest absolute Gasteiger partial charge is 0.507 e. The van der Waals surface area contributed by atoms with Gasteiger partial charge in [0, 0.05) is 5.56 Å². The molecule has 1 unspecified atom stereocenters. The summed E-state index contributed by atoms with van der Waals surface area (Å²) in [5, 5.41) is 11.7. The summed E-state index contributed by atoms with van der Waals surface area (Å²) in [6.07, 6.45) is 1.53. The number of aryl methyl sites for hydroxylation is 1. The number of rotatable bonds is 7. The number of hydrogen-bond acceptors (Lipinski definition) is 5. The fraction of sp³-hybridized carbons (Fsp3) is 0.235. The van der Waals surface area contributed by atoms with Crippen molar-refractivity contribution in [2.75, 3.05) is 0 Å². The van der Waals surface area contributed by atoms with Crippen molar-refractivity contribution in [1.82, 2.24) is 4.90 Å². The van der Waals surface area contributed by atoms with Crippen LogP contribution in [0.3, 0.4) is 0 Å². The zero-order chi connectivity index (χ0) is 28.4. The molecule has 1 aliphatic heterocycles. The van der Waals surface area contributed by atoms with Crippen molar-refractivity contribution in [2.24, 2.45) is 0 Å². The number of benzene rings is 3. The second-order valence-corrected chi connectivity index (χ2v) is 11.1. The quantitative estimate of drug-likeness (QED) is 0.155. The maximum Gasteiger partial charge on any atom is 0.296 e. The van der Waals surface area contributed by atoms with Gasteiger partial charge in [-0.25, -0.2) is 0 Å². The molecule has 6 heteroatoms. The average molecular weight is 536 g/mol. The van der Waals surface area contributed by atoms with Gasteiger partial charge in [0.25, 0.3) is 11.7 Å². The van der Waals surface area contributed by atoms with E-state index in [1.807, 2.05) is 79.7 Å². The molecule has 0 bridgehead atoms. The summed E-state index contributed by atoms with van der Waals surface area (Å²) in [4.78, 5) is 28.3. The molecule has 0 saturated carbocycles. The highest BCUT2D eigenvalue weighted by Crippen LogP contribution is 2.41. The Labute approximate surface area is 234 Å². The molecule has 4 aromatic rings. The summed E-state index contributed by atoms with van der Waals surface area (Å²) >= 11 is 0. The number of furan rings is 1. The normalized spacial score (nSPS) is 16.9. The summed E-state index contributed by atoms with van der Waals surface area (Å²) in [6, 6.07) is 25.7. The van der Waals surface area contributed by atoms with Gasteiger partial charge in [-0.2, -0.15) is 0 Å². The van der Waals surface area contributed by atoms with Crippen molar-refractivity contribution in [3.05, 3.63) is 130 Å². The second-order valence-electron chi connectivity index (χ2n) is 11.1. The Morgan fingerprint density at radius 3 is 2.33 bits per heavy atom. The maximum absolute atomic E-state index is 13.5. The monoisotopic (exact) mass is 535 g/mol. The van der Waals surface area contributed by atoms with Crippen LogP contribution in [-0.4, -0.2) is 21.7 Å². The lowest BCUT2D eigenvalue weighted by molar-refractivity contribution is -0.140. The van der Waals surface area contributed by atoms with E-state index in [1.165, 1.54) is 11.2 Å². The number of carbonyl (C=O) groups is 2. The van der Waals surface area contributed by atoms with Crippen LogP contribution in [0.1, 0.15) is 60.4 Å². The van der Waals surface area contributed by atoms with E-state index in [1.54, 1.807) is 12.1 Å². The standard InChI is InChI=1S/C34H33NO5/c1-22-12-15-25(34(2,3)4)19-28(22)31(36)29-30(35(33(38)32(29)37)20-27-11-8-18-39-27)24-13-16-26(17-14-24)40-21-23-9-6-5-7-10-23/h5-19,30,36H,20-21H2,1-4H3/b31-29+. The first-order valence-corrected chi connectivity index (χ1v) is 13.3. The van der Waals surface area contributed by atoms with Gasteiger partial charge in [-0.05, 0) is 64.9 Å². The van der Waals surface area contributed by atoms with E-state index in [4.69, 9.17) is 9.15 Å². The molecule has 1 aromatic heterocycles. The number of hydrogen-bond donors (Lipinski definition) is 1. The summed E-state index contributed by atoms with van der Waals surface area (Å²) in [7, 11) is 0. The first-order chi connectivity index (χ1) is 19.1. The zero-order valence-corrected chi connectivity index (χ0v) is 23.2. The minimum absolute atomic E-state index is 0.0590. The SMILES string of the molecule is Cc1ccc(C(C)(C)C)cc1/C(O)=C1\C(=O)C(=O)N(Cc2ccco2)C1c1ccc(OCc2ccccc2)cc1. The number of ketones is 1. The molecular weight excluding hydrogens is 502 g/mol. The number of carbonyl (C=O) groups excluding carboxylic acids is 2. The third kappa shape index (κ3) is 5.43. The molecule has 1 fully saturated rings. The molecule has 1 atom stereocenters. The number of amides is 1. The minimum atomic E-state index is -0.800. The highest BCUT2D eigenvalue weighted by atomic mass is 16.5. The van der Waals surface area contributed by atoms with Gasteiger partial charge in [0.05, 0.1) is 24.4 Å². The van der Waals surface area contributed by atoms with Crippen LogP contribution in [0.25, 0.3) is 5.76 Å². The van der Waals surface area contributed by atoms with Crippen molar-refractivity contribution in [1.29, 1.82) is 0 Å². The van der Waals surface area contributed by atoms with Crippen LogP contribution in [0.2, 0.25) is 0 Å². The molecule has 0 aliphatic carbocycles. The Morgan fingerprint density at radius 1 is 0.950 bits per heavy atom. The van der Waals surface area contributed by atoms with Gasteiger partial charge < -0.3 is 19.2 Å². The molecule has 204 valence electrons. The molecule has 0 radical (unpaired) electrons. The van der Waals surface area contributed by atoms with Crippen LogP contribution < -0.4 is 4.74 Å². The van der Waals surface area contributed by atoms with Gasteiger partial charge in [-0.15, -0.1) is 0 Å². The van der Waals surface area contributed by atoms with Gasteiger partial charge in [0.2, 0.25) is 0 Å². The maximum atomic E-state index is 13.5. The Hall–Kier alpha value is -4.58. The Kier molecular flexibility index (Phi) is 7.35. The van der Waals surface area contributed by atoms with E-state index in [-0.39, 0.29) is 23.3 Å². The Balaban J connectivity index is 1.56. The smallest absolute Gasteiger partial charge is 0.296 e. The summed E-state index contributed by atoms with van der Waals surface area (Å²) < 4.78 is 11.4. The van der Waals surface area contributed by atoms with Gasteiger partial charge in [-0.1, -0.05) is 75.4 Å². The molecule has 1 amide bonds. The highest BCUT2D eigenvalue weighted by molar-refractivity contribution is 6.46. The first kappa shape index (κ1) is 27.0. The zero-order valence-electron chi connectivity index (χ0n) is 23.2. The van der Waals surface area contributed by atoms with Crippen LogP contribution >= 0.6 is 0 Å². The number of aliphatic hydroxyl groups excluding tert-OH is 1. The van der Waals surface area contributed by atoms with Crippen LogP contribution in [0.15, 0.2) is 101 Å². The van der Waals surface area contributed by atoms with Gasteiger partial charge in [0.1, 0.15) is 23.9 Å². The Morgan fingerprint density at radius 2 is 1.68 bits per heavy atom. The fourth-order valence-corrected chi connectivity index (χ4v) is 4.94. The lowest BCUT2D eigenvalue weighted by atomic mass is 9.84. The van der Waals surface area contributed by atoms with Crippen molar-refractivity contribution in [3.8, 4) is 5.75 Å². The molecule has 0 spiro atoms. The fourth-order valence-electron chi connectivity index (χ4n) is 4.94. The third-order valence-corrected chi connectivity index (χ3v) is 7.25. The van der Waals surface area contributed by atoms with Crippen molar-refractivity contribution < 1.29 is 23.8 Å². The average Bonchev–Trinajstić information content (AvgIpc) is 3.54. The lowest BCUT2D eigenvalue weighted by Gasteiger charge is -2.25. The van der Waals surface area contributed by atoms with Crippen LogP contribution in [-0.2, 0) is 28.2 Å². The second kappa shape index (κ2) is 10.9. The molecule has 1 N–H and O–H groups in total. The molecule has 2 heterocycles. The summed E-state index contributed by atoms with van der Waals surface area (Å²) in [6.45, 7) is 8.66. The van der Waals surface area contributed by atoms with E-state index < -0.39 is 17.7 Å². The van der Waals surface area contributed by atoms with E-state index in [0.717, 1.165) is 16.7 Å². The number of aliphatic hydroxyl groups is 1. The van der Waals surface area contributed by atoms with Gasteiger partial charge in [0.15, 0.2) is 0 Å². The van der Waals surface area contributed by atoms with Gasteiger partial charge in [-0.3, -0.25) is 9.59 Å². The molecule has 3 aromatic carbocycles. The van der Waals surface area contributed by atoms with E-state index in [0.29, 0.717) is 29.2 Å². The van der Waals surface area contributed by atoms with Crippen LogP contribution in [0.4, 0.5) is 0 Å². The molecule has 1 saturated heterocycles. The molecule has 5 rings (SSSR count). The van der Waals surface area contributed by atoms with E-state index >= 15 is 0 Å². The molecule has 1 aliphatic rings. The summed E-state index contributed by atoms with van der Waals surface area (Å²) in [5.74, 6) is -0.390. The number of nitrogens with zero attached hydrogens (tertiary/aromatic N) is 1. The summed E-state index contributed by atoms with van der Waals surface area (Å²) in [5.41, 5.74) is 3.99. The van der Waals surface area contributed by atoms with Crippen LogP contribution in [0, 0.1) is 6.92 Å². The van der Waals surface area contributed by atoms with E-state index in [9.17, 15) is 14.7 Å². The van der Waals surface area contributed by atoms with Gasteiger partial charge >= 0.3 is 0 Å². The molecule has 40 heavy (non-hydrogen) atoms. The first-order valence-electron chi connectivity index (χ1n) is 13.3. The van der Waals surface area contributed by atoms with Crippen molar-refractivity contribution >= 4 is 17.4 Å². The lowest BCUT2D eigenvalue weighted by Crippen LogP contribution is -2.29. The number of likely N-dealkylation sites (tertiary alicyclic amines) is 1. The molecular formula is C34H33NO5. The predicted octanol–water partition coefficient (Wildman–Crippen LogP) is 7.09. The predicted molar refractivity (Wildman–Crippen MR) is 154 cm³/mol. The Bertz CT molecular complexity index is 1540. The van der Waals surface area contributed by atoms with Crippen LogP contribution in [0.5, 0.6) is 5.75 Å². The third-order valence-electron chi connectivity index (χ3n) is 7.25. The van der Waals surface area contributed by atoms with E-state index in [2.05, 4.69) is 20.8 Å². The van der Waals surface area contributed by atoms with Crippen molar-refractivity contribution in [3.63, 3.8) is 0 Å². The van der Waals surface area contributed by atoms with Crippen molar-refractivity contribution in [2.45, 2.75) is 52.3 Å². The topological polar surface area (TPSA) is 80.0 Å². The number of Topliss-reactive ketones (excluding diaryl/α,β-unsaturated/α-hetero) is 1. The highest BCUT2D eigenvalue weighted by Gasteiger charge is 2.46.